The molecule has 1 N–H and O–H groups in total. The van der Waals surface area contributed by atoms with Gasteiger partial charge in [0.05, 0.1) is 28.0 Å². The van der Waals surface area contributed by atoms with E-state index in [4.69, 9.17) is 4.98 Å². The number of para-hydroxylation sites is 1. The number of nitriles is 1. The van der Waals surface area contributed by atoms with E-state index in [1.807, 2.05) is 50.5 Å². The molecule has 0 unspecified atom stereocenters. The summed E-state index contributed by atoms with van der Waals surface area (Å²) in [5.41, 5.74) is 5.48. The summed E-state index contributed by atoms with van der Waals surface area (Å²) >= 11 is 1.54. The van der Waals surface area contributed by atoms with Crippen LogP contribution in [0.5, 0.6) is 0 Å². The first kappa shape index (κ1) is 19.5. The summed E-state index contributed by atoms with van der Waals surface area (Å²) in [6.07, 6.45) is 6.03. The zero-order valence-electron chi connectivity index (χ0n) is 17.4. The van der Waals surface area contributed by atoms with Crippen LogP contribution in [-0.2, 0) is 19.9 Å². The Kier molecular flexibility index (Phi) is 4.79. The molecule has 0 aliphatic heterocycles. The zero-order chi connectivity index (χ0) is 21.5. The molecular formula is C24H21N5OS. The van der Waals surface area contributed by atoms with E-state index in [-0.39, 0.29) is 5.91 Å². The van der Waals surface area contributed by atoms with Gasteiger partial charge in [0.1, 0.15) is 11.1 Å². The number of amides is 1. The molecule has 6 nitrogen and oxygen atoms in total. The van der Waals surface area contributed by atoms with E-state index in [2.05, 4.69) is 16.5 Å². The fourth-order valence-corrected chi connectivity index (χ4v) is 5.53. The first-order valence-electron chi connectivity index (χ1n) is 10.3. The highest BCUT2D eigenvalue weighted by Crippen LogP contribution is 2.38. The zero-order valence-corrected chi connectivity index (χ0v) is 18.2. The standard InChI is InChI=1S/C24H21N5OS/c1-14-19(13-29(2)28-14)21-11-17(15-7-3-5-9-20(15)26-21)23(30)27-24-18(12-25)16-8-4-6-10-22(16)31-24/h3,5,7,9,11,13H,4,6,8,10H2,1-2H3,(H,27,30). The van der Waals surface area contributed by atoms with Crippen LogP contribution in [0.15, 0.2) is 36.5 Å². The second kappa shape index (κ2) is 7.64. The van der Waals surface area contributed by atoms with Crippen LogP contribution in [0, 0.1) is 18.3 Å². The summed E-state index contributed by atoms with van der Waals surface area (Å²) in [6, 6.07) is 11.8. The van der Waals surface area contributed by atoms with Crippen LogP contribution in [0.1, 0.15) is 44.9 Å². The quantitative estimate of drug-likeness (QED) is 0.498. The van der Waals surface area contributed by atoms with E-state index < -0.39 is 0 Å². The SMILES string of the molecule is Cc1nn(C)cc1-c1cc(C(=O)Nc2sc3c(c2C#N)CCCC3)c2ccccc2n1. The molecule has 0 saturated heterocycles. The van der Waals surface area contributed by atoms with Crippen molar-refractivity contribution in [3.05, 3.63) is 63.8 Å². The number of nitrogens with one attached hydrogen (secondary N) is 1. The van der Waals surface area contributed by atoms with Gasteiger partial charge in [0, 0.05) is 29.1 Å². The van der Waals surface area contributed by atoms with Crippen molar-refractivity contribution in [3.8, 4) is 17.3 Å². The fourth-order valence-electron chi connectivity index (χ4n) is 4.29. The Morgan fingerprint density at radius 3 is 2.84 bits per heavy atom. The molecular weight excluding hydrogens is 406 g/mol. The third-order valence-corrected chi connectivity index (χ3v) is 6.97. The van der Waals surface area contributed by atoms with Gasteiger partial charge in [-0.25, -0.2) is 4.98 Å². The van der Waals surface area contributed by atoms with Crippen LogP contribution in [0.2, 0.25) is 0 Å². The van der Waals surface area contributed by atoms with Gasteiger partial charge in [-0.15, -0.1) is 11.3 Å². The molecule has 3 aromatic heterocycles. The van der Waals surface area contributed by atoms with Crippen molar-refractivity contribution in [1.82, 2.24) is 14.8 Å². The Balaban J connectivity index is 1.60. The Hall–Kier alpha value is -3.50. The molecule has 0 saturated carbocycles. The number of anilines is 1. The Morgan fingerprint density at radius 1 is 1.26 bits per heavy atom. The minimum absolute atomic E-state index is 0.225. The molecule has 0 fully saturated rings. The van der Waals surface area contributed by atoms with Gasteiger partial charge in [-0.1, -0.05) is 18.2 Å². The lowest BCUT2D eigenvalue weighted by Crippen LogP contribution is -2.13. The first-order valence-corrected chi connectivity index (χ1v) is 11.1. The minimum Gasteiger partial charge on any atom is -0.312 e. The van der Waals surface area contributed by atoms with Gasteiger partial charge in [-0.3, -0.25) is 9.48 Å². The molecule has 1 amide bonds. The van der Waals surface area contributed by atoms with Gasteiger partial charge >= 0.3 is 0 Å². The van der Waals surface area contributed by atoms with E-state index in [0.29, 0.717) is 21.8 Å². The first-order chi connectivity index (χ1) is 15.0. The Morgan fingerprint density at radius 2 is 2.06 bits per heavy atom. The number of hydrogen-bond donors (Lipinski definition) is 1. The summed E-state index contributed by atoms with van der Waals surface area (Å²) < 4.78 is 1.75. The van der Waals surface area contributed by atoms with Crippen molar-refractivity contribution < 1.29 is 4.79 Å². The van der Waals surface area contributed by atoms with Crippen molar-refractivity contribution in [2.75, 3.05) is 5.32 Å². The molecule has 0 spiro atoms. The van der Waals surface area contributed by atoms with Crippen molar-refractivity contribution in [3.63, 3.8) is 0 Å². The number of hydrogen-bond acceptors (Lipinski definition) is 5. The van der Waals surface area contributed by atoms with Gasteiger partial charge in [0.15, 0.2) is 0 Å². The molecule has 4 aromatic rings. The topological polar surface area (TPSA) is 83.6 Å². The van der Waals surface area contributed by atoms with Gasteiger partial charge < -0.3 is 5.32 Å². The second-order valence-electron chi connectivity index (χ2n) is 7.86. The van der Waals surface area contributed by atoms with Crippen LogP contribution in [0.4, 0.5) is 5.00 Å². The Bertz CT molecular complexity index is 1370. The van der Waals surface area contributed by atoms with Crippen LogP contribution >= 0.6 is 11.3 Å². The third kappa shape index (κ3) is 3.39. The molecule has 1 aliphatic rings. The molecule has 0 atom stereocenters. The lowest BCUT2D eigenvalue weighted by molar-refractivity contribution is 0.102. The summed E-state index contributed by atoms with van der Waals surface area (Å²) in [5, 5.41) is 18.6. The van der Waals surface area contributed by atoms with Crippen LogP contribution in [0.25, 0.3) is 22.2 Å². The van der Waals surface area contributed by atoms with Gasteiger partial charge in [-0.2, -0.15) is 10.4 Å². The second-order valence-corrected chi connectivity index (χ2v) is 8.96. The number of aryl methyl sites for hydroxylation is 3. The lowest BCUT2D eigenvalue weighted by atomic mass is 9.96. The summed E-state index contributed by atoms with van der Waals surface area (Å²) in [5.74, 6) is -0.225. The van der Waals surface area contributed by atoms with Gasteiger partial charge in [0.25, 0.3) is 5.91 Å². The molecule has 154 valence electrons. The molecule has 7 heteroatoms. The maximum atomic E-state index is 13.4. The summed E-state index contributed by atoms with van der Waals surface area (Å²) in [4.78, 5) is 19.4. The highest BCUT2D eigenvalue weighted by atomic mass is 32.1. The Labute approximate surface area is 184 Å². The molecule has 0 radical (unpaired) electrons. The van der Waals surface area contributed by atoms with Crippen LogP contribution in [0.3, 0.4) is 0 Å². The van der Waals surface area contributed by atoms with E-state index in [9.17, 15) is 10.1 Å². The molecule has 3 heterocycles. The van der Waals surface area contributed by atoms with Crippen molar-refractivity contribution in [2.45, 2.75) is 32.6 Å². The smallest absolute Gasteiger partial charge is 0.257 e. The lowest BCUT2D eigenvalue weighted by Gasteiger charge is -2.10. The van der Waals surface area contributed by atoms with E-state index in [0.717, 1.165) is 53.4 Å². The van der Waals surface area contributed by atoms with E-state index >= 15 is 0 Å². The summed E-state index contributed by atoms with van der Waals surface area (Å²) in [6.45, 7) is 1.93. The van der Waals surface area contributed by atoms with Crippen LogP contribution < -0.4 is 5.32 Å². The highest BCUT2D eigenvalue weighted by Gasteiger charge is 2.23. The van der Waals surface area contributed by atoms with Crippen LogP contribution in [-0.4, -0.2) is 20.7 Å². The minimum atomic E-state index is -0.225. The molecule has 1 aromatic carbocycles. The number of thiophene rings is 1. The number of carbonyl (C=O) groups excluding carboxylic acids is 1. The maximum Gasteiger partial charge on any atom is 0.257 e. The number of pyridine rings is 1. The predicted octanol–water partition coefficient (Wildman–Crippen LogP) is 5.01. The van der Waals surface area contributed by atoms with E-state index in [1.165, 1.54) is 16.2 Å². The normalized spacial score (nSPS) is 13.1. The van der Waals surface area contributed by atoms with E-state index in [1.54, 1.807) is 4.68 Å². The van der Waals surface area contributed by atoms with Gasteiger partial charge in [0.2, 0.25) is 0 Å². The van der Waals surface area contributed by atoms with Crippen molar-refractivity contribution in [2.24, 2.45) is 7.05 Å². The predicted molar refractivity (Wildman–Crippen MR) is 122 cm³/mol. The number of aromatic nitrogens is 3. The number of carbonyl (C=O) groups is 1. The number of rotatable bonds is 3. The van der Waals surface area contributed by atoms with Crippen molar-refractivity contribution in [1.29, 1.82) is 5.26 Å². The number of nitrogens with zero attached hydrogens (tertiary/aromatic N) is 4. The highest BCUT2D eigenvalue weighted by molar-refractivity contribution is 7.16. The molecule has 31 heavy (non-hydrogen) atoms. The number of fused-ring (bicyclic) bond motifs is 2. The number of benzene rings is 1. The molecule has 1 aliphatic carbocycles. The maximum absolute atomic E-state index is 13.4. The average molecular weight is 428 g/mol. The monoisotopic (exact) mass is 427 g/mol. The molecule has 5 rings (SSSR count). The summed E-state index contributed by atoms with van der Waals surface area (Å²) in [7, 11) is 1.87. The van der Waals surface area contributed by atoms with Crippen molar-refractivity contribution >= 4 is 33.1 Å². The molecule has 0 bridgehead atoms. The largest absolute Gasteiger partial charge is 0.312 e. The average Bonchev–Trinajstić information content (AvgIpc) is 3.30. The fraction of sp³-hybridized carbons (Fsp3) is 0.250. The third-order valence-electron chi connectivity index (χ3n) is 5.76. The van der Waals surface area contributed by atoms with Gasteiger partial charge in [-0.05, 0) is 50.3 Å².